The lowest BCUT2D eigenvalue weighted by Crippen LogP contribution is -2.56. The van der Waals surface area contributed by atoms with Crippen LogP contribution in [-0.2, 0) is 9.53 Å². The highest BCUT2D eigenvalue weighted by atomic mass is 16.5. The van der Waals surface area contributed by atoms with Gasteiger partial charge >= 0.3 is 0 Å². The van der Waals surface area contributed by atoms with Crippen LogP contribution in [0.5, 0.6) is 0 Å². The minimum absolute atomic E-state index is 0.157. The standard InChI is InChI=1S/C18H34N4O2/c1-20-6-2-16(3-7-20)21-8-10-22(11-9-21)18(23)17(19)14-15-4-12-24-13-5-15/h15-17H,2-14,19H2,1H3. The van der Waals surface area contributed by atoms with E-state index in [1.165, 1.54) is 25.9 Å². The Kier molecular flexibility index (Phi) is 6.49. The second-order valence-corrected chi connectivity index (χ2v) is 7.79. The van der Waals surface area contributed by atoms with E-state index in [-0.39, 0.29) is 11.9 Å². The Hall–Kier alpha value is -0.690. The summed E-state index contributed by atoms with van der Waals surface area (Å²) in [7, 11) is 2.20. The molecule has 6 nitrogen and oxygen atoms in total. The molecular weight excluding hydrogens is 304 g/mol. The number of carbonyl (C=O) groups is 1. The largest absolute Gasteiger partial charge is 0.381 e. The van der Waals surface area contributed by atoms with Gasteiger partial charge in [0.25, 0.3) is 0 Å². The molecule has 3 heterocycles. The number of carbonyl (C=O) groups excluding carboxylic acids is 1. The van der Waals surface area contributed by atoms with E-state index in [4.69, 9.17) is 10.5 Å². The SMILES string of the molecule is CN1CCC(N2CCN(C(=O)C(N)CC3CCOCC3)CC2)CC1. The number of hydrogen-bond donors (Lipinski definition) is 1. The summed E-state index contributed by atoms with van der Waals surface area (Å²) in [6, 6.07) is 0.373. The van der Waals surface area contributed by atoms with E-state index in [2.05, 4.69) is 16.8 Å². The van der Waals surface area contributed by atoms with E-state index in [1.54, 1.807) is 0 Å². The first kappa shape index (κ1) is 18.1. The predicted molar refractivity (Wildman–Crippen MR) is 94.8 cm³/mol. The zero-order valence-electron chi connectivity index (χ0n) is 15.2. The molecule has 0 spiro atoms. The second-order valence-electron chi connectivity index (χ2n) is 7.79. The van der Waals surface area contributed by atoms with Crippen LogP contribution in [0.15, 0.2) is 0 Å². The van der Waals surface area contributed by atoms with Crippen LogP contribution in [0.4, 0.5) is 0 Å². The zero-order chi connectivity index (χ0) is 16.9. The highest BCUT2D eigenvalue weighted by Crippen LogP contribution is 2.21. The molecule has 0 saturated carbocycles. The Balaban J connectivity index is 1.41. The minimum Gasteiger partial charge on any atom is -0.381 e. The number of piperidine rings is 1. The van der Waals surface area contributed by atoms with Crippen molar-refractivity contribution >= 4 is 5.91 Å². The molecule has 3 aliphatic rings. The van der Waals surface area contributed by atoms with Crippen molar-refractivity contribution < 1.29 is 9.53 Å². The zero-order valence-corrected chi connectivity index (χ0v) is 15.2. The molecule has 0 aromatic heterocycles. The number of amides is 1. The number of piperazine rings is 1. The van der Waals surface area contributed by atoms with Gasteiger partial charge in [0.05, 0.1) is 6.04 Å². The van der Waals surface area contributed by atoms with Gasteiger partial charge in [-0.05, 0) is 58.2 Å². The number of ether oxygens (including phenoxy) is 1. The Bertz CT molecular complexity index is 398. The lowest BCUT2D eigenvalue weighted by atomic mass is 9.92. The summed E-state index contributed by atoms with van der Waals surface area (Å²) in [6.45, 7) is 7.72. The number of likely N-dealkylation sites (tertiary alicyclic amines) is 1. The van der Waals surface area contributed by atoms with Crippen molar-refractivity contribution in [1.82, 2.24) is 14.7 Å². The molecule has 3 saturated heterocycles. The fourth-order valence-electron chi connectivity index (χ4n) is 4.34. The first-order valence-corrected chi connectivity index (χ1v) is 9.68. The van der Waals surface area contributed by atoms with Crippen LogP contribution in [-0.4, -0.2) is 92.2 Å². The van der Waals surface area contributed by atoms with Crippen molar-refractivity contribution in [2.45, 2.75) is 44.2 Å². The molecule has 3 aliphatic heterocycles. The number of hydrogen-bond acceptors (Lipinski definition) is 5. The topological polar surface area (TPSA) is 62.0 Å². The fourth-order valence-corrected chi connectivity index (χ4v) is 4.34. The average Bonchev–Trinajstić information content (AvgIpc) is 2.63. The van der Waals surface area contributed by atoms with Crippen molar-refractivity contribution in [2.75, 3.05) is 59.5 Å². The third kappa shape index (κ3) is 4.69. The summed E-state index contributed by atoms with van der Waals surface area (Å²) in [5.74, 6) is 0.711. The van der Waals surface area contributed by atoms with Gasteiger partial charge < -0.3 is 20.3 Å². The maximum absolute atomic E-state index is 12.6. The van der Waals surface area contributed by atoms with Crippen molar-refractivity contribution in [1.29, 1.82) is 0 Å². The molecule has 1 atom stereocenters. The number of nitrogens with two attached hydrogens (primary N) is 1. The van der Waals surface area contributed by atoms with Gasteiger partial charge in [-0.15, -0.1) is 0 Å². The molecule has 0 aromatic carbocycles. The molecule has 138 valence electrons. The Morgan fingerprint density at radius 2 is 1.67 bits per heavy atom. The fraction of sp³-hybridized carbons (Fsp3) is 0.944. The summed E-state index contributed by atoms with van der Waals surface area (Å²) in [6.07, 6.45) is 5.43. The van der Waals surface area contributed by atoms with E-state index < -0.39 is 0 Å². The lowest BCUT2D eigenvalue weighted by Gasteiger charge is -2.42. The summed E-state index contributed by atoms with van der Waals surface area (Å²) in [4.78, 5) is 19.6. The van der Waals surface area contributed by atoms with Gasteiger partial charge in [0.1, 0.15) is 0 Å². The smallest absolute Gasteiger partial charge is 0.239 e. The molecule has 1 unspecified atom stereocenters. The molecule has 3 fully saturated rings. The molecular formula is C18H34N4O2. The van der Waals surface area contributed by atoms with Crippen LogP contribution in [0.2, 0.25) is 0 Å². The van der Waals surface area contributed by atoms with Crippen LogP contribution >= 0.6 is 0 Å². The van der Waals surface area contributed by atoms with Crippen molar-refractivity contribution in [2.24, 2.45) is 11.7 Å². The third-order valence-corrected chi connectivity index (χ3v) is 6.08. The Morgan fingerprint density at radius 3 is 2.29 bits per heavy atom. The molecule has 0 aromatic rings. The van der Waals surface area contributed by atoms with Gasteiger partial charge in [-0.3, -0.25) is 9.69 Å². The van der Waals surface area contributed by atoms with Gasteiger partial charge in [0, 0.05) is 45.4 Å². The van der Waals surface area contributed by atoms with Gasteiger partial charge in [-0.2, -0.15) is 0 Å². The van der Waals surface area contributed by atoms with Crippen LogP contribution in [0, 0.1) is 5.92 Å². The van der Waals surface area contributed by atoms with Crippen LogP contribution < -0.4 is 5.73 Å². The highest BCUT2D eigenvalue weighted by molar-refractivity contribution is 5.81. The summed E-state index contributed by atoms with van der Waals surface area (Å²) < 4.78 is 5.39. The molecule has 1 amide bonds. The van der Waals surface area contributed by atoms with Gasteiger partial charge in [0.2, 0.25) is 5.91 Å². The van der Waals surface area contributed by atoms with E-state index in [0.29, 0.717) is 12.0 Å². The van der Waals surface area contributed by atoms with Crippen molar-refractivity contribution in [3.8, 4) is 0 Å². The minimum atomic E-state index is -0.331. The van der Waals surface area contributed by atoms with E-state index in [1.807, 2.05) is 4.90 Å². The highest BCUT2D eigenvalue weighted by Gasteiger charge is 2.30. The quantitative estimate of drug-likeness (QED) is 0.802. The summed E-state index contributed by atoms with van der Waals surface area (Å²) >= 11 is 0. The normalized spacial score (nSPS) is 27.3. The molecule has 2 N–H and O–H groups in total. The molecule has 3 rings (SSSR count). The van der Waals surface area contributed by atoms with Crippen molar-refractivity contribution in [3.05, 3.63) is 0 Å². The van der Waals surface area contributed by atoms with E-state index >= 15 is 0 Å². The second kappa shape index (κ2) is 8.61. The Labute approximate surface area is 146 Å². The van der Waals surface area contributed by atoms with Crippen LogP contribution in [0.3, 0.4) is 0 Å². The molecule has 0 radical (unpaired) electrons. The first-order chi connectivity index (χ1) is 11.6. The Morgan fingerprint density at radius 1 is 1.04 bits per heavy atom. The monoisotopic (exact) mass is 338 g/mol. The van der Waals surface area contributed by atoms with E-state index in [0.717, 1.165) is 58.7 Å². The third-order valence-electron chi connectivity index (χ3n) is 6.08. The number of nitrogens with zero attached hydrogens (tertiary/aromatic N) is 3. The average molecular weight is 338 g/mol. The molecule has 6 heteroatoms. The predicted octanol–water partition coefficient (Wildman–Crippen LogP) is 0.369. The van der Waals surface area contributed by atoms with Crippen LogP contribution in [0.25, 0.3) is 0 Å². The lowest BCUT2D eigenvalue weighted by molar-refractivity contribution is -0.135. The van der Waals surface area contributed by atoms with Gasteiger partial charge in [-0.25, -0.2) is 0 Å². The first-order valence-electron chi connectivity index (χ1n) is 9.68. The summed E-state index contributed by atoms with van der Waals surface area (Å²) in [5.41, 5.74) is 6.22. The van der Waals surface area contributed by atoms with Gasteiger partial charge in [-0.1, -0.05) is 0 Å². The number of rotatable bonds is 4. The van der Waals surface area contributed by atoms with Gasteiger partial charge in [0.15, 0.2) is 0 Å². The maximum atomic E-state index is 12.6. The molecule has 0 bridgehead atoms. The molecule has 24 heavy (non-hydrogen) atoms. The van der Waals surface area contributed by atoms with Crippen molar-refractivity contribution in [3.63, 3.8) is 0 Å². The molecule has 0 aliphatic carbocycles. The summed E-state index contributed by atoms with van der Waals surface area (Å²) in [5, 5.41) is 0. The maximum Gasteiger partial charge on any atom is 0.239 e. The van der Waals surface area contributed by atoms with E-state index in [9.17, 15) is 4.79 Å². The van der Waals surface area contributed by atoms with Crippen LogP contribution in [0.1, 0.15) is 32.1 Å².